The zero-order chi connectivity index (χ0) is 22.3. The molecule has 0 bridgehead atoms. The third-order valence-corrected chi connectivity index (χ3v) is 6.47. The van der Waals surface area contributed by atoms with E-state index < -0.39 is 6.04 Å². The van der Waals surface area contributed by atoms with E-state index >= 15 is 0 Å². The third-order valence-electron chi connectivity index (χ3n) is 6.47. The van der Waals surface area contributed by atoms with Crippen LogP contribution in [0.15, 0.2) is 58.7 Å². The van der Waals surface area contributed by atoms with E-state index in [1.165, 1.54) is 18.1 Å². The molecule has 2 aromatic rings. The van der Waals surface area contributed by atoms with Gasteiger partial charge in [-0.2, -0.15) is 0 Å². The second kappa shape index (κ2) is 10.5. The highest BCUT2D eigenvalue weighted by Crippen LogP contribution is 2.36. The second-order valence-corrected chi connectivity index (χ2v) is 8.74. The molecule has 1 aromatic carbocycles. The molecule has 1 atom stereocenters. The molecule has 2 aliphatic carbocycles. The number of carbonyl (C=O) groups is 1. The smallest absolute Gasteiger partial charge is 0.292 e. The minimum absolute atomic E-state index is 0.00840. The van der Waals surface area contributed by atoms with Gasteiger partial charge >= 0.3 is 0 Å². The third kappa shape index (κ3) is 5.21. The highest BCUT2D eigenvalue weighted by atomic mass is 16.6. The van der Waals surface area contributed by atoms with Crippen LogP contribution in [-0.2, 0) is 4.79 Å². The van der Waals surface area contributed by atoms with Gasteiger partial charge in [0.1, 0.15) is 11.4 Å². The summed E-state index contributed by atoms with van der Waals surface area (Å²) in [5.41, 5.74) is 1.63. The fourth-order valence-corrected chi connectivity index (χ4v) is 4.84. The first-order chi connectivity index (χ1) is 15.6. The molecule has 1 saturated carbocycles. The summed E-state index contributed by atoms with van der Waals surface area (Å²) in [5.74, 6) is 0.328. The number of amides is 1. The Kier molecular flexibility index (Phi) is 7.24. The molecule has 0 aliphatic heterocycles. The van der Waals surface area contributed by atoms with Crippen LogP contribution >= 0.6 is 0 Å². The number of furan rings is 1. The lowest BCUT2D eigenvalue weighted by Gasteiger charge is -2.34. The summed E-state index contributed by atoms with van der Waals surface area (Å²) in [6.07, 6.45) is 13.3. The number of benzene rings is 1. The highest BCUT2D eigenvalue weighted by molar-refractivity contribution is 5.87. The van der Waals surface area contributed by atoms with Crippen molar-refractivity contribution in [3.05, 3.63) is 70.2 Å². The molecule has 1 N–H and O–H groups in total. The molecule has 1 heterocycles. The SMILES string of the molecule is O=C(NC1CCCCC1)C(c1ccco1)N(CC1=CCCCC1)c1ccccc1[N+](=O)[O-]. The van der Waals surface area contributed by atoms with Crippen molar-refractivity contribution in [3.63, 3.8) is 0 Å². The van der Waals surface area contributed by atoms with Gasteiger partial charge in [-0.05, 0) is 56.7 Å². The van der Waals surface area contributed by atoms with Gasteiger partial charge in [0.15, 0.2) is 6.04 Å². The van der Waals surface area contributed by atoms with E-state index in [0.717, 1.165) is 51.4 Å². The molecule has 4 rings (SSSR count). The molecule has 170 valence electrons. The van der Waals surface area contributed by atoms with Crippen LogP contribution in [0.3, 0.4) is 0 Å². The average molecular weight is 438 g/mol. The van der Waals surface area contributed by atoms with Crippen LogP contribution in [0.5, 0.6) is 0 Å². The Hall–Kier alpha value is -3.09. The summed E-state index contributed by atoms with van der Waals surface area (Å²) in [4.78, 5) is 27.0. The van der Waals surface area contributed by atoms with Crippen LogP contribution < -0.4 is 10.2 Å². The van der Waals surface area contributed by atoms with Gasteiger partial charge in [-0.15, -0.1) is 0 Å². The van der Waals surface area contributed by atoms with Crippen LogP contribution in [0.4, 0.5) is 11.4 Å². The number of nitro benzene ring substituents is 1. The molecule has 1 aromatic heterocycles. The molecule has 0 spiro atoms. The Morgan fingerprint density at radius 3 is 2.62 bits per heavy atom. The van der Waals surface area contributed by atoms with E-state index in [1.807, 2.05) is 4.90 Å². The largest absolute Gasteiger partial charge is 0.467 e. The van der Waals surface area contributed by atoms with Crippen LogP contribution in [-0.4, -0.2) is 23.4 Å². The summed E-state index contributed by atoms with van der Waals surface area (Å²) in [7, 11) is 0. The second-order valence-electron chi connectivity index (χ2n) is 8.74. The number of nitro groups is 1. The van der Waals surface area contributed by atoms with Crippen molar-refractivity contribution in [2.75, 3.05) is 11.4 Å². The monoisotopic (exact) mass is 437 g/mol. The van der Waals surface area contributed by atoms with Crippen molar-refractivity contribution < 1.29 is 14.1 Å². The number of para-hydroxylation sites is 2. The van der Waals surface area contributed by atoms with E-state index in [1.54, 1.807) is 36.6 Å². The topological polar surface area (TPSA) is 88.6 Å². The number of hydrogen-bond acceptors (Lipinski definition) is 5. The number of hydrogen-bond donors (Lipinski definition) is 1. The highest BCUT2D eigenvalue weighted by Gasteiger charge is 2.35. The number of carbonyl (C=O) groups excluding carboxylic acids is 1. The van der Waals surface area contributed by atoms with Crippen molar-refractivity contribution in [1.82, 2.24) is 5.32 Å². The minimum atomic E-state index is -0.782. The van der Waals surface area contributed by atoms with Gasteiger partial charge in [-0.3, -0.25) is 14.9 Å². The van der Waals surface area contributed by atoms with E-state index in [-0.39, 0.29) is 22.6 Å². The van der Waals surface area contributed by atoms with E-state index in [0.29, 0.717) is 18.0 Å². The molecule has 1 amide bonds. The fourth-order valence-electron chi connectivity index (χ4n) is 4.84. The first-order valence-corrected chi connectivity index (χ1v) is 11.6. The van der Waals surface area contributed by atoms with Crippen molar-refractivity contribution in [3.8, 4) is 0 Å². The normalized spacial score (nSPS) is 17.9. The number of rotatable bonds is 8. The molecule has 7 nitrogen and oxygen atoms in total. The standard InChI is InChI=1S/C25H31N3O4/c29-25(26-20-12-5-2-6-13-20)24(23-16-9-17-32-23)27(18-19-10-3-1-4-11-19)21-14-7-8-15-22(21)28(30)31/h7-10,14-17,20,24H,1-6,11-13,18H2,(H,26,29). The van der Waals surface area contributed by atoms with Crippen molar-refractivity contribution in [1.29, 1.82) is 0 Å². The number of allylic oxidation sites excluding steroid dienone is 1. The zero-order valence-electron chi connectivity index (χ0n) is 18.4. The van der Waals surface area contributed by atoms with Crippen LogP contribution in [0, 0.1) is 10.1 Å². The minimum Gasteiger partial charge on any atom is -0.467 e. The summed E-state index contributed by atoms with van der Waals surface area (Å²) < 4.78 is 5.71. The molecular formula is C25H31N3O4. The van der Waals surface area contributed by atoms with Gasteiger partial charge in [0.05, 0.1) is 11.2 Å². The van der Waals surface area contributed by atoms with Gasteiger partial charge in [-0.1, -0.05) is 43.0 Å². The lowest BCUT2D eigenvalue weighted by Crippen LogP contribution is -2.46. The van der Waals surface area contributed by atoms with E-state index in [2.05, 4.69) is 11.4 Å². The first-order valence-electron chi connectivity index (χ1n) is 11.6. The molecule has 1 unspecified atom stereocenters. The maximum absolute atomic E-state index is 13.6. The van der Waals surface area contributed by atoms with Gasteiger partial charge in [0, 0.05) is 18.7 Å². The Labute approximate surface area is 188 Å². The summed E-state index contributed by atoms with van der Waals surface area (Å²) in [5, 5.41) is 15.1. The van der Waals surface area contributed by atoms with E-state index in [4.69, 9.17) is 4.42 Å². The lowest BCUT2D eigenvalue weighted by molar-refractivity contribution is -0.384. The summed E-state index contributed by atoms with van der Waals surface area (Å²) >= 11 is 0. The zero-order valence-corrected chi connectivity index (χ0v) is 18.4. The van der Waals surface area contributed by atoms with Gasteiger partial charge in [0.25, 0.3) is 11.6 Å². The Morgan fingerprint density at radius 1 is 1.12 bits per heavy atom. The molecule has 7 heteroatoms. The Morgan fingerprint density at radius 2 is 1.94 bits per heavy atom. The van der Waals surface area contributed by atoms with Gasteiger partial charge in [-0.25, -0.2) is 0 Å². The molecule has 32 heavy (non-hydrogen) atoms. The summed E-state index contributed by atoms with van der Waals surface area (Å²) in [6, 6.07) is 9.55. The molecular weight excluding hydrogens is 406 g/mol. The molecule has 2 aliphatic rings. The maximum Gasteiger partial charge on any atom is 0.292 e. The van der Waals surface area contributed by atoms with Crippen molar-refractivity contribution in [2.45, 2.75) is 69.9 Å². The van der Waals surface area contributed by atoms with Crippen molar-refractivity contribution >= 4 is 17.3 Å². The van der Waals surface area contributed by atoms with Crippen molar-refractivity contribution in [2.24, 2.45) is 0 Å². The van der Waals surface area contributed by atoms with Crippen LogP contribution in [0.25, 0.3) is 0 Å². The predicted molar refractivity (Wildman–Crippen MR) is 123 cm³/mol. The fraction of sp³-hybridized carbons (Fsp3) is 0.480. The molecule has 1 fully saturated rings. The van der Waals surface area contributed by atoms with Crippen LogP contribution in [0.1, 0.15) is 69.6 Å². The Balaban J connectivity index is 1.73. The number of anilines is 1. The number of nitrogens with one attached hydrogen (secondary N) is 1. The number of nitrogens with zero attached hydrogens (tertiary/aromatic N) is 2. The molecule has 0 saturated heterocycles. The first kappa shape index (κ1) is 22.1. The predicted octanol–water partition coefficient (Wildman–Crippen LogP) is 5.68. The summed E-state index contributed by atoms with van der Waals surface area (Å²) in [6.45, 7) is 0.453. The van der Waals surface area contributed by atoms with Gasteiger partial charge < -0.3 is 14.6 Å². The van der Waals surface area contributed by atoms with Gasteiger partial charge in [0.2, 0.25) is 0 Å². The lowest BCUT2D eigenvalue weighted by atomic mass is 9.94. The average Bonchev–Trinajstić information content (AvgIpc) is 3.34. The maximum atomic E-state index is 13.6. The quantitative estimate of drug-likeness (QED) is 0.326. The van der Waals surface area contributed by atoms with Crippen LogP contribution in [0.2, 0.25) is 0 Å². The molecule has 0 radical (unpaired) electrons. The Bertz CT molecular complexity index is 948. The van der Waals surface area contributed by atoms with E-state index in [9.17, 15) is 14.9 Å².